The van der Waals surface area contributed by atoms with Gasteiger partial charge in [-0.1, -0.05) is 35.7 Å². The van der Waals surface area contributed by atoms with Crippen LogP contribution in [0.3, 0.4) is 0 Å². The van der Waals surface area contributed by atoms with E-state index in [1.165, 1.54) is 50.5 Å². The second-order valence-corrected chi connectivity index (χ2v) is 5.90. The van der Waals surface area contributed by atoms with Gasteiger partial charge in [0, 0.05) is 24.5 Å². The first kappa shape index (κ1) is 10.9. The summed E-state index contributed by atoms with van der Waals surface area (Å²) in [5.41, 5.74) is 0. The van der Waals surface area contributed by atoms with E-state index >= 15 is 0 Å². The van der Waals surface area contributed by atoms with E-state index in [0.717, 1.165) is 17.9 Å². The Morgan fingerprint density at radius 1 is 1.21 bits per heavy atom. The molecule has 1 aliphatic carbocycles. The van der Waals surface area contributed by atoms with Gasteiger partial charge >= 0.3 is 0 Å². The van der Waals surface area contributed by atoms with Gasteiger partial charge < -0.3 is 0 Å². The Kier molecular flexibility index (Phi) is 3.89. The largest absolute Gasteiger partial charge is 0.300 e. The smallest absolute Gasteiger partial charge is 0.00954 e. The number of likely N-dealkylation sites (tertiary alicyclic amines) is 1. The molecule has 0 bridgehead atoms. The molecule has 0 aromatic carbocycles. The standard InChI is InChI=1S/C12H22BrN/c1-10-6-11(7-13)9-14(8-10)12-4-2-3-5-12/h10-12H,2-9H2,1H3. The summed E-state index contributed by atoms with van der Waals surface area (Å²) in [5.74, 6) is 1.81. The first-order chi connectivity index (χ1) is 6.79. The molecule has 2 unspecified atom stereocenters. The lowest BCUT2D eigenvalue weighted by Gasteiger charge is -2.39. The van der Waals surface area contributed by atoms with Gasteiger partial charge in [0.2, 0.25) is 0 Å². The van der Waals surface area contributed by atoms with E-state index in [-0.39, 0.29) is 0 Å². The Morgan fingerprint density at radius 3 is 2.57 bits per heavy atom. The van der Waals surface area contributed by atoms with E-state index < -0.39 is 0 Å². The van der Waals surface area contributed by atoms with Gasteiger partial charge in [-0.3, -0.25) is 4.90 Å². The van der Waals surface area contributed by atoms with E-state index in [4.69, 9.17) is 0 Å². The monoisotopic (exact) mass is 259 g/mol. The minimum Gasteiger partial charge on any atom is -0.300 e. The van der Waals surface area contributed by atoms with Gasteiger partial charge in [0.1, 0.15) is 0 Å². The Morgan fingerprint density at radius 2 is 1.93 bits per heavy atom. The second-order valence-electron chi connectivity index (χ2n) is 5.25. The zero-order valence-corrected chi connectivity index (χ0v) is 10.8. The highest BCUT2D eigenvalue weighted by molar-refractivity contribution is 9.09. The zero-order chi connectivity index (χ0) is 9.97. The Bertz CT molecular complexity index is 177. The molecule has 0 radical (unpaired) electrons. The van der Waals surface area contributed by atoms with Crippen LogP contribution in [0.2, 0.25) is 0 Å². The van der Waals surface area contributed by atoms with Crippen molar-refractivity contribution < 1.29 is 0 Å². The summed E-state index contributed by atoms with van der Waals surface area (Å²) in [4.78, 5) is 2.77. The van der Waals surface area contributed by atoms with Gasteiger partial charge in [-0.15, -0.1) is 0 Å². The van der Waals surface area contributed by atoms with Gasteiger partial charge in [-0.25, -0.2) is 0 Å². The lowest BCUT2D eigenvalue weighted by atomic mass is 9.90. The van der Waals surface area contributed by atoms with Crippen molar-refractivity contribution in [3.8, 4) is 0 Å². The molecule has 0 aromatic heterocycles. The summed E-state index contributed by atoms with van der Waals surface area (Å²) >= 11 is 3.65. The third-order valence-electron chi connectivity index (χ3n) is 3.83. The highest BCUT2D eigenvalue weighted by Gasteiger charge is 2.30. The molecule has 1 saturated carbocycles. The van der Waals surface area contributed by atoms with Crippen molar-refractivity contribution in [1.29, 1.82) is 0 Å². The molecule has 1 aliphatic heterocycles. The average Bonchev–Trinajstić information content (AvgIpc) is 2.69. The van der Waals surface area contributed by atoms with Gasteiger partial charge in [-0.05, 0) is 31.1 Å². The molecule has 2 aliphatic rings. The lowest BCUT2D eigenvalue weighted by molar-refractivity contribution is 0.0998. The van der Waals surface area contributed by atoms with Gasteiger partial charge in [-0.2, -0.15) is 0 Å². The van der Waals surface area contributed by atoms with E-state index in [9.17, 15) is 0 Å². The lowest BCUT2D eigenvalue weighted by Crippen LogP contribution is -2.45. The molecular weight excluding hydrogens is 238 g/mol. The number of piperidine rings is 1. The van der Waals surface area contributed by atoms with Crippen molar-refractivity contribution in [2.75, 3.05) is 18.4 Å². The predicted molar refractivity (Wildman–Crippen MR) is 64.9 cm³/mol. The molecule has 0 amide bonds. The van der Waals surface area contributed by atoms with Crippen LogP contribution in [0.25, 0.3) is 0 Å². The molecule has 2 fully saturated rings. The first-order valence-corrected chi connectivity index (χ1v) is 7.21. The van der Waals surface area contributed by atoms with Crippen molar-refractivity contribution in [1.82, 2.24) is 4.90 Å². The normalized spacial score (nSPS) is 36.4. The first-order valence-electron chi connectivity index (χ1n) is 6.09. The number of hydrogen-bond donors (Lipinski definition) is 0. The molecule has 1 saturated heterocycles. The minimum atomic E-state index is 0.902. The quantitative estimate of drug-likeness (QED) is 0.689. The highest BCUT2D eigenvalue weighted by Crippen LogP contribution is 2.30. The Labute approximate surface area is 96.4 Å². The number of halogens is 1. The third-order valence-corrected chi connectivity index (χ3v) is 4.75. The van der Waals surface area contributed by atoms with Crippen LogP contribution in [0.5, 0.6) is 0 Å². The van der Waals surface area contributed by atoms with Crippen molar-refractivity contribution in [3.05, 3.63) is 0 Å². The molecule has 0 spiro atoms. The summed E-state index contributed by atoms with van der Waals surface area (Å²) in [6.45, 7) is 5.12. The van der Waals surface area contributed by atoms with Crippen LogP contribution in [-0.4, -0.2) is 29.4 Å². The summed E-state index contributed by atoms with van der Waals surface area (Å²) in [7, 11) is 0. The maximum atomic E-state index is 3.65. The topological polar surface area (TPSA) is 3.24 Å². The predicted octanol–water partition coefficient (Wildman–Crippen LogP) is 3.28. The molecule has 2 atom stereocenters. The van der Waals surface area contributed by atoms with Crippen LogP contribution in [0, 0.1) is 11.8 Å². The summed E-state index contributed by atoms with van der Waals surface area (Å²) in [6.07, 6.45) is 7.28. The van der Waals surface area contributed by atoms with Gasteiger partial charge in [0.15, 0.2) is 0 Å². The van der Waals surface area contributed by atoms with Crippen LogP contribution in [0.4, 0.5) is 0 Å². The Hall–Kier alpha value is 0.440. The molecule has 0 aromatic rings. The third kappa shape index (κ3) is 2.52. The minimum absolute atomic E-state index is 0.902. The Balaban J connectivity index is 1.90. The van der Waals surface area contributed by atoms with Crippen molar-refractivity contribution >= 4 is 15.9 Å². The van der Waals surface area contributed by atoms with Crippen LogP contribution in [-0.2, 0) is 0 Å². The molecule has 2 rings (SSSR count). The maximum Gasteiger partial charge on any atom is 0.00954 e. The number of nitrogens with zero attached hydrogens (tertiary/aromatic N) is 1. The van der Waals surface area contributed by atoms with Gasteiger partial charge in [0.05, 0.1) is 0 Å². The SMILES string of the molecule is CC1CC(CBr)CN(C2CCCC2)C1. The van der Waals surface area contributed by atoms with Crippen molar-refractivity contribution in [2.24, 2.45) is 11.8 Å². The van der Waals surface area contributed by atoms with Crippen LogP contribution >= 0.6 is 15.9 Å². The molecule has 0 N–H and O–H groups in total. The molecular formula is C12H22BrN. The van der Waals surface area contributed by atoms with Gasteiger partial charge in [0.25, 0.3) is 0 Å². The van der Waals surface area contributed by atoms with E-state index in [0.29, 0.717) is 0 Å². The highest BCUT2D eigenvalue weighted by atomic mass is 79.9. The van der Waals surface area contributed by atoms with Crippen molar-refractivity contribution in [3.63, 3.8) is 0 Å². The van der Waals surface area contributed by atoms with E-state index in [2.05, 4.69) is 27.8 Å². The number of rotatable bonds is 2. The number of alkyl halides is 1. The van der Waals surface area contributed by atoms with Crippen molar-refractivity contribution in [2.45, 2.75) is 45.1 Å². The van der Waals surface area contributed by atoms with E-state index in [1.54, 1.807) is 0 Å². The summed E-state index contributed by atoms with van der Waals surface area (Å²) in [5, 5.41) is 1.20. The molecule has 2 heteroatoms. The fraction of sp³-hybridized carbons (Fsp3) is 1.00. The summed E-state index contributed by atoms with van der Waals surface area (Å²) < 4.78 is 0. The zero-order valence-electron chi connectivity index (χ0n) is 9.21. The fourth-order valence-electron chi connectivity index (χ4n) is 3.20. The maximum absolute atomic E-state index is 3.65. The van der Waals surface area contributed by atoms with Crippen LogP contribution in [0.1, 0.15) is 39.0 Å². The van der Waals surface area contributed by atoms with Crippen LogP contribution in [0.15, 0.2) is 0 Å². The van der Waals surface area contributed by atoms with E-state index in [1.807, 2.05) is 0 Å². The number of hydrogen-bond acceptors (Lipinski definition) is 1. The fourth-order valence-corrected chi connectivity index (χ4v) is 3.67. The second kappa shape index (κ2) is 4.98. The molecule has 1 nitrogen and oxygen atoms in total. The average molecular weight is 260 g/mol. The molecule has 82 valence electrons. The molecule has 1 heterocycles. The van der Waals surface area contributed by atoms with Crippen LogP contribution < -0.4 is 0 Å². The molecule has 14 heavy (non-hydrogen) atoms. The summed E-state index contributed by atoms with van der Waals surface area (Å²) in [6, 6.07) is 0.930.